The normalized spacial score (nSPS) is 18.5. The zero-order valence-electron chi connectivity index (χ0n) is 29.6. The van der Waals surface area contributed by atoms with Crippen molar-refractivity contribution in [3.05, 3.63) is 94.5 Å². The molecule has 1 saturated heterocycles. The number of amides is 2. The van der Waals surface area contributed by atoms with Crippen LogP contribution in [-0.4, -0.2) is 64.8 Å². The van der Waals surface area contributed by atoms with Crippen LogP contribution < -0.4 is 0 Å². The molecule has 1 fully saturated rings. The molecule has 4 atom stereocenters. The van der Waals surface area contributed by atoms with Crippen LogP contribution in [0.25, 0.3) is 0 Å². The van der Waals surface area contributed by atoms with Gasteiger partial charge in [-0.1, -0.05) is 56.6 Å². The van der Waals surface area contributed by atoms with Crippen molar-refractivity contribution >= 4 is 31.9 Å². The van der Waals surface area contributed by atoms with Gasteiger partial charge in [-0.25, -0.2) is 9.78 Å². The maximum Gasteiger partial charge on any atom is 0.410 e. The summed E-state index contributed by atoms with van der Waals surface area (Å²) in [5.74, 6) is -0.0635. The van der Waals surface area contributed by atoms with Gasteiger partial charge in [0.05, 0.1) is 18.2 Å². The first-order valence-electron chi connectivity index (χ1n) is 16.4. The van der Waals surface area contributed by atoms with Crippen molar-refractivity contribution in [2.75, 3.05) is 7.05 Å². The van der Waals surface area contributed by atoms with Crippen molar-refractivity contribution in [2.24, 2.45) is 0 Å². The van der Waals surface area contributed by atoms with Crippen LogP contribution in [0.2, 0.25) is 23.3 Å². The van der Waals surface area contributed by atoms with Gasteiger partial charge in [0.1, 0.15) is 10.8 Å². The van der Waals surface area contributed by atoms with Gasteiger partial charge in [0.25, 0.3) is 5.91 Å². The number of halogens is 1. The summed E-state index contributed by atoms with van der Waals surface area (Å²) < 4.78 is 13.1. The van der Waals surface area contributed by atoms with Gasteiger partial charge >= 0.3 is 6.09 Å². The van der Waals surface area contributed by atoms with Crippen molar-refractivity contribution < 1.29 is 18.8 Å². The first-order chi connectivity index (χ1) is 21.9. The van der Waals surface area contributed by atoms with E-state index in [-0.39, 0.29) is 35.2 Å². The zero-order valence-corrected chi connectivity index (χ0v) is 31.3. The van der Waals surface area contributed by atoms with Crippen LogP contribution in [0.1, 0.15) is 101 Å². The van der Waals surface area contributed by atoms with Crippen LogP contribution >= 0.6 is 11.6 Å². The smallest absolute Gasteiger partial charge is 0.410 e. The Hall–Kier alpha value is -3.27. The molecule has 0 N–H and O–H groups in total. The summed E-state index contributed by atoms with van der Waals surface area (Å²) in [6.45, 7) is 18.8. The third-order valence-corrected chi connectivity index (χ3v) is 14.2. The first-order valence-corrected chi connectivity index (χ1v) is 19.7. The van der Waals surface area contributed by atoms with Crippen molar-refractivity contribution in [3.8, 4) is 0 Å². The Labute approximate surface area is 287 Å². The Bertz CT molecular complexity index is 1500. The minimum Gasteiger partial charge on any atom is -0.444 e. The largest absolute Gasteiger partial charge is 0.444 e. The average Bonchev–Trinajstić information content (AvgIpc) is 3.42. The van der Waals surface area contributed by atoms with E-state index in [0.717, 1.165) is 29.5 Å². The molecule has 1 aliphatic heterocycles. The highest BCUT2D eigenvalue weighted by Crippen LogP contribution is 2.44. The molecule has 254 valence electrons. The van der Waals surface area contributed by atoms with E-state index in [1.807, 2.05) is 82.1 Å². The van der Waals surface area contributed by atoms with Crippen molar-refractivity contribution in [3.63, 3.8) is 0 Å². The highest BCUT2D eigenvalue weighted by atomic mass is 35.5. The van der Waals surface area contributed by atoms with Gasteiger partial charge in [0.2, 0.25) is 0 Å². The van der Waals surface area contributed by atoms with Crippen LogP contribution in [0.3, 0.4) is 0 Å². The molecular weight excluding hydrogens is 628 g/mol. The lowest BCUT2D eigenvalue weighted by Gasteiger charge is -2.43. The Morgan fingerprint density at radius 1 is 1.00 bits per heavy atom. The van der Waals surface area contributed by atoms with E-state index in [1.165, 1.54) is 0 Å². The number of aromatic nitrogens is 2. The fourth-order valence-corrected chi connectivity index (χ4v) is 7.10. The molecule has 0 aliphatic carbocycles. The quantitative estimate of drug-likeness (QED) is 0.166. The Kier molecular flexibility index (Phi) is 11.2. The highest BCUT2D eigenvalue weighted by Gasteiger charge is 2.47. The number of ether oxygens (including phenoxy) is 1. The van der Waals surface area contributed by atoms with E-state index in [2.05, 4.69) is 43.8 Å². The number of carbonyl (C=O) groups excluding carboxylic acids is 2. The molecule has 0 radical (unpaired) electrons. The molecule has 2 amide bonds. The summed E-state index contributed by atoms with van der Waals surface area (Å²) in [5, 5.41) is 0.371. The number of carbonyl (C=O) groups is 2. The molecule has 10 heteroatoms. The number of benzene rings is 1. The number of likely N-dealkylation sites (tertiary alicyclic amines) is 1. The number of nitrogens with zero attached hydrogens (tertiary/aromatic N) is 4. The lowest BCUT2D eigenvalue weighted by molar-refractivity contribution is -0.00244. The molecule has 0 bridgehead atoms. The predicted octanol–water partition coefficient (Wildman–Crippen LogP) is 9.04. The van der Waals surface area contributed by atoms with Crippen molar-refractivity contribution in [1.29, 1.82) is 0 Å². The third-order valence-electron chi connectivity index (χ3n) is 9.55. The highest BCUT2D eigenvalue weighted by molar-refractivity contribution is 6.74. The topological polar surface area (TPSA) is 84.9 Å². The molecule has 0 saturated carbocycles. The Balaban J connectivity index is 1.61. The van der Waals surface area contributed by atoms with Gasteiger partial charge < -0.3 is 14.1 Å². The van der Waals surface area contributed by atoms with Gasteiger partial charge in [-0.15, -0.1) is 0 Å². The SMILES string of the molecule is CC(c1cccnc1)N(C)C(=O)c1ccc(C[C@@H]2CC[C@H]([C@H](O[Si](C)(C)C(C)(C)C)c3ccc(Cl)nc3)N2C(=O)OC(C)(C)C)cc1. The monoisotopic (exact) mass is 678 g/mol. The van der Waals surface area contributed by atoms with Gasteiger partial charge in [0, 0.05) is 42.8 Å². The summed E-state index contributed by atoms with van der Waals surface area (Å²) in [5.41, 5.74) is 2.86. The number of hydrogen-bond acceptors (Lipinski definition) is 6. The zero-order chi connectivity index (χ0) is 34.7. The van der Waals surface area contributed by atoms with E-state index < -0.39 is 20.0 Å². The number of rotatable bonds is 9. The molecule has 1 aromatic carbocycles. The molecule has 8 nitrogen and oxygen atoms in total. The Morgan fingerprint density at radius 3 is 2.23 bits per heavy atom. The third kappa shape index (κ3) is 9.00. The molecule has 2 aromatic heterocycles. The van der Waals surface area contributed by atoms with E-state index in [0.29, 0.717) is 17.1 Å². The maximum absolute atomic E-state index is 14.0. The number of pyridine rings is 2. The van der Waals surface area contributed by atoms with Crippen LogP contribution in [0.5, 0.6) is 0 Å². The second kappa shape index (κ2) is 14.5. The van der Waals surface area contributed by atoms with E-state index in [1.54, 1.807) is 29.6 Å². The van der Waals surface area contributed by atoms with E-state index in [9.17, 15) is 9.59 Å². The Morgan fingerprint density at radius 2 is 1.68 bits per heavy atom. The maximum atomic E-state index is 14.0. The summed E-state index contributed by atoms with van der Waals surface area (Å²) in [7, 11) is -0.465. The fraction of sp³-hybridized carbons (Fsp3) is 0.514. The summed E-state index contributed by atoms with van der Waals surface area (Å²) in [6, 6.07) is 14.8. The minimum atomic E-state index is -2.27. The van der Waals surface area contributed by atoms with Crippen LogP contribution in [0.15, 0.2) is 67.1 Å². The fourth-order valence-electron chi connectivity index (χ4n) is 5.71. The van der Waals surface area contributed by atoms with Gasteiger partial charge in [-0.2, -0.15) is 0 Å². The predicted molar refractivity (Wildman–Crippen MR) is 190 cm³/mol. The second-order valence-corrected chi connectivity index (χ2v) is 20.3. The summed E-state index contributed by atoms with van der Waals surface area (Å²) in [6.07, 6.45) is 6.69. The molecule has 0 spiro atoms. The molecule has 1 aliphatic rings. The molecular formula is C37H51ClN4O4Si. The molecule has 3 aromatic rings. The molecule has 47 heavy (non-hydrogen) atoms. The number of hydrogen-bond donors (Lipinski definition) is 0. The lowest BCUT2D eigenvalue weighted by Crippen LogP contribution is -2.50. The van der Waals surface area contributed by atoms with Gasteiger partial charge in [-0.3, -0.25) is 14.7 Å². The van der Waals surface area contributed by atoms with E-state index >= 15 is 0 Å². The summed E-state index contributed by atoms with van der Waals surface area (Å²) >= 11 is 6.18. The van der Waals surface area contributed by atoms with Crippen LogP contribution in [0.4, 0.5) is 4.79 Å². The minimum absolute atomic E-state index is 0.0388. The molecule has 1 unspecified atom stereocenters. The summed E-state index contributed by atoms with van der Waals surface area (Å²) in [4.78, 5) is 39.6. The van der Waals surface area contributed by atoms with Crippen LogP contribution in [0, 0.1) is 0 Å². The van der Waals surface area contributed by atoms with Gasteiger partial charge in [0.15, 0.2) is 8.32 Å². The second-order valence-electron chi connectivity index (χ2n) is 15.2. The average molecular weight is 679 g/mol. The lowest BCUT2D eigenvalue weighted by atomic mass is 10.0. The van der Waals surface area contributed by atoms with Crippen LogP contribution in [-0.2, 0) is 15.6 Å². The first kappa shape index (κ1) is 36.6. The van der Waals surface area contributed by atoms with Crippen molar-refractivity contribution in [1.82, 2.24) is 19.8 Å². The van der Waals surface area contributed by atoms with E-state index in [4.69, 9.17) is 20.8 Å². The molecule has 4 rings (SSSR count). The van der Waals surface area contributed by atoms with Crippen molar-refractivity contribution in [2.45, 2.75) is 116 Å². The van der Waals surface area contributed by atoms with Gasteiger partial charge in [-0.05, 0) is 100 Å². The molecule has 3 heterocycles. The standard InChI is InChI=1S/C37H51ClN4O4Si/c1-25(28-12-11-21-39-23-28)41(8)34(43)27-15-13-26(14-16-27)22-30-18-19-31(42(30)35(44)45-36(2,3)4)33(29-17-20-32(38)40-24-29)46-47(9,10)37(5,6)7/h11-17,20-21,23-25,30-31,33H,18-19,22H2,1-10H3/t25?,30-,31+,33+/m0/s1.